The second kappa shape index (κ2) is 9.74. The summed E-state index contributed by atoms with van der Waals surface area (Å²) in [4.78, 5) is 12.3. The second-order valence-electron chi connectivity index (χ2n) is 5.43. The number of nitrogens with two attached hydrogens (primary N) is 1. The van der Waals surface area contributed by atoms with Crippen molar-refractivity contribution in [1.82, 2.24) is 5.32 Å². The number of amides is 1. The highest BCUT2D eigenvalue weighted by atomic mass is 35.5. The van der Waals surface area contributed by atoms with Gasteiger partial charge in [0, 0.05) is 13.1 Å². The molecule has 0 aliphatic rings. The molecule has 0 saturated carbocycles. The molecule has 24 heavy (non-hydrogen) atoms. The molecule has 0 unspecified atom stereocenters. The molecule has 0 aliphatic heterocycles. The summed E-state index contributed by atoms with van der Waals surface area (Å²) in [7, 11) is 0. The maximum Gasteiger partial charge on any atom is 0.422 e. The van der Waals surface area contributed by atoms with Gasteiger partial charge in [-0.2, -0.15) is 13.2 Å². The second-order valence-corrected chi connectivity index (χ2v) is 5.43. The van der Waals surface area contributed by atoms with E-state index in [-0.39, 0.29) is 37.2 Å². The zero-order valence-corrected chi connectivity index (χ0v) is 14.6. The van der Waals surface area contributed by atoms with Gasteiger partial charge >= 0.3 is 6.18 Å². The van der Waals surface area contributed by atoms with Crippen molar-refractivity contribution >= 4 is 18.3 Å². The van der Waals surface area contributed by atoms with Gasteiger partial charge in [-0.3, -0.25) is 4.79 Å². The van der Waals surface area contributed by atoms with Gasteiger partial charge in [0.05, 0.1) is 5.41 Å². The number of hydrogen-bond donors (Lipinski definition) is 2. The molecule has 1 amide bonds. The summed E-state index contributed by atoms with van der Waals surface area (Å²) in [5, 5.41) is 2.80. The Bertz CT molecular complexity index is 512. The van der Waals surface area contributed by atoms with Crippen LogP contribution < -0.4 is 15.8 Å². The molecule has 0 fully saturated rings. The SMILES string of the molecule is CCC(CC)(CN)C(=O)NCc1cccc(OCC(F)(F)F)c1.Cl. The first-order valence-corrected chi connectivity index (χ1v) is 7.53. The summed E-state index contributed by atoms with van der Waals surface area (Å²) in [6.45, 7) is 2.93. The maximum absolute atomic E-state index is 12.3. The van der Waals surface area contributed by atoms with Crippen LogP contribution in [0.3, 0.4) is 0 Å². The number of ether oxygens (including phenoxy) is 1. The summed E-state index contributed by atoms with van der Waals surface area (Å²) >= 11 is 0. The van der Waals surface area contributed by atoms with Gasteiger partial charge in [-0.15, -0.1) is 12.4 Å². The number of alkyl halides is 3. The number of halogens is 4. The fourth-order valence-electron chi connectivity index (χ4n) is 2.23. The minimum Gasteiger partial charge on any atom is -0.484 e. The maximum atomic E-state index is 12.3. The lowest BCUT2D eigenvalue weighted by molar-refractivity contribution is -0.153. The smallest absolute Gasteiger partial charge is 0.422 e. The third kappa shape index (κ3) is 6.57. The van der Waals surface area contributed by atoms with Crippen molar-refractivity contribution in [3.05, 3.63) is 29.8 Å². The van der Waals surface area contributed by atoms with Gasteiger partial charge in [-0.25, -0.2) is 0 Å². The van der Waals surface area contributed by atoms with Crippen molar-refractivity contribution in [2.75, 3.05) is 13.2 Å². The normalized spacial score (nSPS) is 11.6. The van der Waals surface area contributed by atoms with Crippen LogP contribution in [0.15, 0.2) is 24.3 Å². The molecule has 1 aromatic carbocycles. The summed E-state index contributed by atoms with van der Waals surface area (Å²) in [5.74, 6) is -0.0308. The molecule has 0 spiro atoms. The molecule has 1 aromatic rings. The highest BCUT2D eigenvalue weighted by molar-refractivity contribution is 5.85. The van der Waals surface area contributed by atoms with Crippen molar-refractivity contribution in [2.24, 2.45) is 11.1 Å². The quantitative estimate of drug-likeness (QED) is 0.738. The minimum atomic E-state index is -4.38. The molecule has 0 bridgehead atoms. The lowest BCUT2D eigenvalue weighted by Crippen LogP contribution is -2.45. The van der Waals surface area contributed by atoms with Crippen molar-refractivity contribution in [3.8, 4) is 5.75 Å². The molecule has 3 N–H and O–H groups in total. The summed E-state index contributed by atoms with van der Waals surface area (Å²) < 4.78 is 41.1. The topological polar surface area (TPSA) is 64.4 Å². The fourth-order valence-corrected chi connectivity index (χ4v) is 2.23. The first-order valence-electron chi connectivity index (χ1n) is 7.53. The van der Waals surface area contributed by atoms with Crippen LogP contribution in [0, 0.1) is 5.41 Å². The van der Waals surface area contributed by atoms with E-state index >= 15 is 0 Å². The number of nitrogens with one attached hydrogen (secondary N) is 1. The lowest BCUT2D eigenvalue weighted by Gasteiger charge is -2.28. The van der Waals surface area contributed by atoms with Crippen molar-refractivity contribution < 1.29 is 22.7 Å². The van der Waals surface area contributed by atoms with Crippen molar-refractivity contribution in [1.29, 1.82) is 0 Å². The van der Waals surface area contributed by atoms with E-state index in [1.54, 1.807) is 12.1 Å². The van der Waals surface area contributed by atoms with Gasteiger partial charge in [0.15, 0.2) is 6.61 Å². The Morgan fingerprint density at radius 3 is 2.38 bits per heavy atom. The minimum absolute atomic E-state index is 0. The van der Waals surface area contributed by atoms with E-state index in [0.717, 1.165) is 0 Å². The predicted molar refractivity (Wildman–Crippen MR) is 89.2 cm³/mol. The molecule has 0 saturated heterocycles. The molecule has 1 rings (SSSR count). The van der Waals surface area contributed by atoms with E-state index in [1.807, 2.05) is 13.8 Å². The van der Waals surface area contributed by atoms with Gasteiger partial charge in [0.25, 0.3) is 0 Å². The molecule has 0 aromatic heterocycles. The number of hydrogen-bond acceptors (Lipinski definition) is 3. The zero-order chi connectivity index (χ0) is 17.5. The number of carbonyl (C=O) groups is 1. The average molecular weight is 369 g/mol. The summed E-state index contributed by atoms with van der Waals surface area (Å²) in [5.41, 5.74) is 5.77. The Morgan fingerprint density at radius 2 is 1.88 bits per heavy atom. The number of rotatable bonds is 8. The van der Waals surface area contributed by atoms with Crippen LogP contribution in [0.5, 0.6) is 5.75 Å². The lowest BCUT2D eigenvalue weighted by atomic mass is 9.81. The molecular weight excluding hydrogens is 345 g/mol. The summed E-state index contributed by atoms with van der Waals surface area (Å²) in [6.07, 6.45) is -3.13. The third-order valence-corrected chi connectivity index (χ3v) is 3.98. The number of carbonyl (C=O) groups excluding carboxylic acids is 1. The first-order chi connectivity index (χ1) is 10.8. The fraction of sp³-hybridized carbons (Fsp3) is 0.562. The molecule has 0 atom stereocenters. The van der Waals surface area contributed by atoms with Gasteiger partial charge in [0.2, 0.25) is 5.91 Å². The van der Waals surface area contributed by atoms with E-state index in [2.05, 4.69) is 5.32 Å². The van der Waals surface area contributed by atoms with Gasteiger partial charge in [-0.05, 0) is 30.5 Å². The highest BCUT2D eigenvalue weighted by Gasteiger charge is 2.33. The Hall–Kier alpha value is -1.47. The van der Waals surface area contributed by atoms with E-state index in [4.69, 9.17) is 10.5 Å². The van der Waals surface area contributed by atoms with Crippen LogP contribution in [-0.4, -0.2) is 25.2 Å². The Balaban J connectivity index is 0.00000529. The van der Waals surface area contributed by atoms with E-state index in [1.165, 1.54) is 12.1 Å². The van der Waals surface area contributed by atoms with Crippen LogP contribution in [0.2, 0.25) is 0 Å². The van der Waals surface area contributed by atoms with Crippen LogP contribution in [-0.2, 0) is 11.3 Å². The van der Waals surface area contributed by atoms with Crippen molar-refractivity contribution in [2.45, 2.75) is 39.4 Å². The predicted octanol–water partition coefficient (Wildman–Crippen LogP) is 3.43. The van der Waals surface area contributed by atoms with E-state index in [9.17, 15) is 18.0 Å². The van der Waals surface area contributed by atoms with Crippen LogP contribution in [0.25, 0.3) is 0 Å². The monoisotopic (exact) mass is 368 g/mol. The molecule has 4 nitrogen and oxygen atoms in total. The van der Waals surface area contributed by atoms with Crippen LogP contribution >= 0.6 is 12.4 Å². The van der Waals surface area contributed by atoms with Gasteiger partial charge in [0.1, 0.15) is 5.75 Å². The summed E-state index contributed by atoms with van der Waals surface area (Å²) in [6, 6.07) is 6.22. The Labute approximate surface area is 146 Å². The standard InChI is InChI=1S/C16H23F3N2O2.ClH/c1-3-15(4-2,10-20)14(22)21-9-12-6-5-7-13(8-12)23-11-16(17,18)19;/h5-8H,3-4,9-11,20H2,1-2H3,(H,21,22);1H. The zero-order valence-electron chi connectivity index (χ0n) is 13.8. The van der Waals surface area contributed by atoms with E-state index < -0.39 is 18.2 Å². The molecule has 0 heterocycles. The molecule has 0 radical (unpaired) electrons. The Kier molecular flexibility index (Phi) is 9.14. The first kappa shape index (κ1) is 22.5. The molecule has 138 valence electrons. The average Bonchev–Trinajstić information content (AvgIpc) is 2.53. The van der Waals surface area contributed by atoms with Gasteiger partial charge in [-0.1, -0.05) is 26.0 Å². The largest absolute Gasteiger partial charge is 0.484 e. The molecule has 8 heteroatoms. The third-order valence-electron chi connectivity index (χ3n) is 3.98. The van der Waals surface area contributed by atoms with Crippen LogP contribution in [0.4, 0.5) is 13.2 Å². The van der Waals surface area contributed by atoms with Crippen molar-refractivity contribution in [3.63, 3.8) is 0 Å². The van der Waals surface area contributed by atoms with E-state index in [0.29, 0.717) is 18.4 Å². The number of benzene rings is 1. The van der Waals surface area contributed by atoms with Gasteiger partial charge < -0.3 is 15.8 Å². The molecular formula is C16H24ClF3N2O2. The van der Waals surface area contributed by atoms with Crippen LogP contribution in [0.1, 0.15) is 32.3 Å². The Morgan fingerprint density at radius 1 is 1.25 bits per heavy atom. The molecule has 0 aliphatic carbocycles. The highest BCUT2D eigenvalue weighted by Crippen LogP contribution is 2.25.